The molecule has 20 heavy (non-hydrogen) atoms. The molecule has 0 aliphatic rings. The maximum atomic E-state index is 3.28. The zero-order valence-electron chi connectivity index (χ0n) is 13.2. The predicted molar refractivity (Wildman–Crippen MR) is 88.0 cm³/mol. The maximum absolute atomic E-state index is 3.28. The summed E-state index contributed by atoms with van der Waals surface area (Å²) in [4.78, 5) is 0. The summed E-state index contributed by atoms with van der Waals surface area (Å²) in [6, 6.07) is 8.87. The van der Waals surface area contributed by atoms with Crippen molar-refractivity contribution >= 4 is 10.9 Å². The number of unbranched alkanes of at least 4 members (excludes halogenated alkanes) is 1. The van der Waals surface area contributed by atoms with Crippen molar-refractivity contribution in [3.63, 3.8) is 0 Å². The van der Waals surface area contributed by atoms with Gasteiger partial charge >= 0.3 is 0 Å². The topological polar surface area (TPSA) is 17.0 Å². The molecule has 1 heterocycles. The number of hydrogen-bond acceptors (Lipinski definition) is 1. The highest BCUT2D eigenvalue weighted by molar-refractivity contribution is 5.83. The van der Waals surface area contributed by atoms with E-state index in [0.29, 0.717) is 0 Å². The molecule has 0 saturated carbocycles. The minimum absolute atomic E-state index is 0.799. The van der Waals surface area contributed by atoms with Crippen LogP contribution in [-0.2, 0) is 13.1 Å². The molecular formula is C18H28N2. The van der Waals surface area contributed by atoms with E-state index in [1.165, 1.54) is 42.1 Å². The number of benzene rings is 1. The van der Waals surface area contributed by atoms with Crippen LogP contribution >= 0.6 is 0 Å². The lowest BCUT2D eigenvalue weighted by Gasteiger charge is -2.17. The molecule has 0 aliphatic carbocycles. The average molecular weight is 272 g/mol. The molecule has 0 amide bonds. The van der Waals surface area contributed by atoms with E-state index in [-0.39, 0.29) is 0 Å². The van der Waals surface area contributed by atoms with Crippen molar-refractivity contribution in [2.45, 2.75) is 52.6 Å². The molecular weight excluding hydrogens is 244 g/mol. The van der Waals surface area contributed by atoms with E-state index in [2.05, 4.69) is 54.2 Å². The van der Waals surface area contributed by atoms with Gasteiger partial charge in [0, 0.05) is 19.3 Å². The number of hydrogen-bond donors (Lipinski definition) is 1. The fourth-order valence-corrected chi connectivity index (χ4v) is 3.02. The zero-order chi connectivity index (χ0) is 14.4. The summed E-state index contributed by atoms with van der Waals surface area (Å²) in [5, 5.41) is 4.65. The van der Waals surface area contributed by atoms with Gasteiger partial charge in [0.05, 0.1) is 5.52 Å². The van der Waals surface area contributed by atoms with Gasteiger partial charge in [-0.3, -0.25) is 0 Å². The van der Waals surface area contributed by atoms with Gasteiger partial charge in [-0.15, -0.1) is 0 Å². The summed E-state index contributed by atoms with van der Waals surface area (Å²) in [6.07, 6.45) is 7.53. The summed E-state index contributed by atoms with van der Waals surface area (Å²) in [5.74, 6) is 0.799. The highest BCUT2D eigenvalue weighted by Crippen LogP contribution is 2.23. The summed E-state index contributed by atoms with van der Waals surface area (Å²) in [7, 11) is 2.02. The van der Waals surface area contributed by atoms with E-state index in [1.54, 1.807) is 0 Å². The number of aromatic nitrogens is 1. The molecule has 2 nitrogen and oxygen atoms in total. The second kappa shape index (κ2) is 7.49. The van der Waals surface area contributed by atoms with Crippen molar-refractivity contribution in [3.8, 4) is 0 Å². The van der Waals surface area contributed by atoms with Gasteiger partial charge in [0.2, 0.25) is 0 Å². The van der Waals surface area contributed by atoms with E-state index in [0.717, 1.165) is 19.0 Å². The highest BCUT2D eigenvalue weighted by Gasteiger charge is 2.11. The molecule has 0 fully saturated rings. The first kappa shape index (κ1) is 15.1. The fourth-order valence-electron chi connectivity index (χ4n) is 3.02. The van der Waals surface area contributed by atoms with Gasteiger partial charge in [0.15, 0.2) is 0 Å². The first-order chi connectivity index (χ1) is 9.80. The van der Waals surface area contributed by atoms with Crippen LogP contribution in [0.4, 0.5) is 0 Å². The van der Waals surface area contributed by atoms with Crippen molar-refractivity contribution < 1.29 is 0 Å². The van der Waals surface area contributed by atoms with Gasteiger partial charge in [-0.1, -0.05) is 51.3 Å². The Labute approximate surface area is 123 Å². The number of rotatable bonds is 8. The van der Waals surface area contributed by atoms with Crippen LogP contribution in [0, 0.1) is 5.92 Å². The molecule has 2 rings (SSSR count). The molecule has 1 aromatic heterocycles. The molecule has 1 N–H and O–H groups in total. The lowest BCUT2D eigenvalue weighted by molar-refractivity contribution is 0.396. The Morgan fingerprint density at radius 1 is 1.20 bits per heavy atom. The first-order valence-corrected chi connectivity index (χ1v) is 8.01. The van der Waals surface area contributed by atoms with Crippen LogP contribution in [-0.4, -0.2) is 11.6 Å². The molecule has 110 valence electrons. The number of fused-ring (bicyclic) bond motifs is 1. The molecule has 1 atom stereocenters. The average Bonchev–Trinajstić information content (AvgIpc) is 2.88. The van der Waals surface area contributed by atoms with E-state index >= 15 is 0 Å². The molecule has 1 aromatic carbocycles. The lowest BCUT2D eigenvalue weighted by Crippen LogP contribution is -2.12. The van der Waals surface area contributed by atoms with Crippen LogP contribution in [0.5, 0.6) is 0 Å². The van der Waals surface area contributed by atoms with Gasteiger partial charge in [0.1, 0.15) is 0 Å². The summed E-state index contributed by atoms with van der Waals surface area (Å²) < 4.78 is 2.46. The lowest BCUT2D eigenvalue weighted by atomic mass is 9.99. The van der Waals surface area contributed by atoms with Crippen molar-refractivity contribution in [2.24, 2.45) is 5.92 Å². The van der Waals surface area contributed by atoms with Gasteiger partial charge in [0.25, 0.3) is 0 Å². The smallest absolute Gasteiger partial charge is 0.0525 e. The number of nitrogens with one attached hydrogen (secondary N) is 1. The fraction of sp³-hybridized carbons (Fsp3) is 0.556. The quantitative estimate of drug-likeness (QED) is 0.744. The SMILES string of the molecule is CCCCC(CC)Cn1ccc2cccc(CNC)c21. The molecule has 0 saturated heterocycles. The number of nitrogens with zero attached hydrogens (tertiary/aromatic N) is 1. The van der Waals surface area contributed by atoms with Crippen LogP contribution in [0.3, 0.4) is 0 Å². The molecule has 0 spiro atoms. The Kier molecular flexibility index (Phi) is 5.66. The molecule has 0 aliphatic heterocycles. The van der Waals surface area contributed by atoms with Gasteiger partial charge < -0.3 is 9.88 Å². The molecule has 0 radical (unpaired) electrons. The van der Waals surface area contributed by atoms with E-state index in [9.17, 15) is 0 Å². The Morgan fingerprint density at radius 3 is 2.75 bits per heavy atom. The van der Waals surface area contributed by atoms with Crippen LogP contribution < -0.4 is 5.32 Å². The van der Waals surface area contributed by atoms with Gasteiger partial charge in [-0.05, 0) is 36.4 Å². The maximum Gasteiger partial charge on any atom is 0.0525 e. The van der Waals surface area contributed by atoms with E-state index in [4.69, 9.17) is 0 Å². The van der Waals surface area contributed by atoms with Crippen molar-refractivity contribution in [1.29, 1.82) is 0 Å². The minimum atomic E-state index is 0.799. The first-order valence-electron chi connectivity index (χ1n) is 8.01. The van der Waals surface area contributed by atoms with Gasteiger partial charge in [-0.25, -0.2) is 0 Å². The third kappa shape index (κ3) is 3.43. The monoisotopic (exact) mass is 272 g/mol. The van der Waals surface area contributed by atoms with E-state index in [1.807, 2.05) is 7.05 Å². The molecule has 2 heteroatoms. The highest BCUT2D eigenvalue weighted by atomic mass is 15.0. The Morgan fingerprint density at radius 2 is 2.05 bits per heavy atom. The molecule has 2 aromatic rings. The standard InChI is InChI=1S/C18H28N2/c1-4-6-8-15(5-2)14-20-12-11-16-9-7-10-17(13-19-3)18(16)20/h7,9-12,15,19H,4-6,8,13-14H2,1-3H3. The second-order valence-corrected chi connectivity index (χ2v) is 5.77. The van der Waals surface area contributed by atoms with Crippen LogP contribution in [0.1, 0.15) is 45.1 Å². The second-order valence-electron chi connectivity index (χ2n) is 5.77. The van der Waals surface area contributed by atoms with Crippen LogP contribution in [0.15, 0.2) is 30.5 Å². The zero-order valence-corrected chi connectivity index (χ0v) is 13.2. The van der Waals surface area contributed by atoms with Crippen LogP contribution in [0.25, 0.3) is 10.9 Å². The third-order valence-electron chi connectivity index (χ3n) is 4.24. The predicted octanol–water partition coefficient (Wildman–Crippen LogP) is 4.58. The Hall–Kier alpha value is -1.28. The van der Waals surface area contributed by atoms with Gasteiger partial charge in [-0.2, -0.15) is 0 Å². The third-order valence-corrected chi connectivity index (χ3v) is 4.24. The van der Waals surface area contributed by atoms with E-state index < -0.39 is 0 Å². The van der Waals surface area contributed by atoms with Crippen LogP contribution in [0.2, 0.25) is 0 Å². The largest absolute Gasteiger partial charge is 0.347 e. The van der Waals surface area contributed by atoms with Crippen molar-refractivity contribution in [3.05, 3.63) is 36.0 Å². The molecule has 0 bridgehead atoms. The number of para-hydroxylation sites is 1. The minimum Gasteiger partial charge on any atom is -0.347 e. The van der Waals surface area contributed by atoms with Crippen molar-refractivity contribution in [2.75, 3.05) is 7.05 Å². The summed E-state index contributed by atoms with van der Waals surface area (Å²) >= 11 is 0. The Balaban J connectivity index is 2.24. The summed E-state index contributed by atoms with van der Waals surface area (Å²) in [5.41, 5.74) is 2.82. The molecule has 1 unspecified atom stereocenters. The Bertz CT molecular complexity index is 527. The van der Waals surface area contributed by atoms with Crippen molar-refractivity contribution in [1.82, 2.24) is 9.88 Å². The summed E-state index contributed by atoms with van der Waals surface area (Å²) in [6.45, 7) is 6.69. The normalized spacial score (nSPS) is 12.9.